The number of ether oxygens (including phenoxy) is 1. The zero-order valence-electron chi connectivity index (χ0n) is 5.94. The molecule has 0 spiro atoms. The number of hydrogen-bond donors (Lipinski definition) is 2. The van der Waals surface area contributed by atoms with E-state index in [2.05, 4.69) is 27.9 Å². The van der Waals surface area contributed by atoms with E-state index in [1.807, 2.05) is 0 Å². The lowest BCUT2D eigenvalue weighted by Gasteiger charge is -2.15. The summed E-state index contributed by atoms with van der Waals surface area (Å²) in [5.41, 5.74) is 0. The Hall–Kier alpha value is -1.30. The fourth-order valence-electron chi connectivity index (χ4n) is 0.868. The highest BCUT2D eigenvalue weighted by Gasteiger charge is 2.17. The van der Waals surface area contributed by atoms with Gasteiger partial charge in [0.1, 0.15) is 0 Å². The van der Waals surface area contributed by atoms with Crippen LogP contribution in [0.2, 0.25) is 0 Å². The van der Waals surface area contributed by atoms with Crippen LogP contribution in [-0.2, 0) is 4.79 Å². The molecule has 1 aromatic rings. The van der Waals surface area contributed by atoms with Gasteiger partial charge in [-0.1, -0.05) is 0 Å². The molecule has 12 heavy (non-hydrogen) atoms. The van der Waals surface area contributed by atoms with Crippen LogP contribution in [0.5, 0.6) is 5.75 Å². The van der Waals surface area contributed by atoms with E-state index in [1.165, 1.54) is 6.20 Å². The number of nitrogens with zero attached hydrogens (tertiary/aromatic N) is 2. The van der Waals surface area contributed by atoms with Crippen LogP contribution in [0.15, 0.2) is 11.4 Å². The summed E-state index contributed by atoms with van der Waals surface area (Å²) in [6, 6.07) is 0. The number of carbonyl (C=O) groups is 1. The third kappa shape index (κ3) is 1.20. The van der Waals surface area contributed by atoms with E-state index in [9.17, 15) is 4.79 Å². The van der Waals surface area contributed by atoms with Crippen molar-refractivity contribution in [1.29, 1.82) is 0 Å². The van der Waals surface area contributed by atoms with Gasteiger partial charge in [0.15, 0.2) is 23.3 Å². The van der Waals surface area contributed by atoms with Crippen molar-refractivity contribution in [2.45, 2.75) is 5.16 Å². The van der Waals surface area contributed by atoms with E-state index in [-0.39, 0.29) is 12.5 Å². The van der Waals surface area contributed by atoms with E-state index < -0.39 is 0 Å². The van der Waals surface area contributed by atoms with Crippen molar-refractivity contribution in [2.24, 2.45) is 0 Å². The molecule has 1 aromatic heterocycles. The van der Waals surface area contributed by atoms with Crippen LogP contribution in [0.3, 0.4) is 0 Å². The van der Waals surface area contributed by atoms with Crippen molar-refractivity contribution in [3.05, 3.63) is 6.20 Å². The molecule has 0 fully saturated rings. The number of carbonyl (C=O) groups excluding carboxylic acids is 1. The number of anilines is 1. The third-order valence-electron chi connectivity index (χ3n) is 1.36. The minimum atomic E-state index is -0.214. The van der Waals surface area contributed by atoms with Gasteiger partial charge in [-0.15, -0.1) is 12.6 Å². The largest absolute Gasteiger partial charge is 0.478 e. The predicted octanol–water partition coefficient (Wildman–Crippen LogP) is 0.0962. The van der Waals surface area contributed by atoms with Crippen molar-refractivity contribution in [3.8, 4) is 5.75 Å². The second-order valence-electron chi connectivity index (χ2n) is 2.22. The molecule has 2 heterocycles. The summed E-state index contributed by atoms with van der Waals surface area (Å²) in [5.74, 6) is 0.646. The molecule has 1 aliphatic rings. The molecule has 2 rings (SSSR count). The molecular weight excluding hydrogens is 178 g/mol. The lowest BCUT2D eigenvalue weighted by Crippen LogP contribution is -2.26. The molecule has 0 atom stereocenters. The second-order valence-corrected chi connectivity index (χ2v) is 2.62. The Balaban J connectivity index is 2.44. The highest BCUT2D eigenvalue weighted by atomic mass is 32.1. The molecular formula is C6H5N3O2S. The summed E-state index contributed by atoms with van der Waals surface area (Å²) < 4.78 is 5.02. The van der Waals surface area contributed by atoms with Crippen molar-refractivity contribution in [3.63, 3.8) is 0 Å². The van der Waals surface area contributed by atoms with Gasteiger partial charge in [0.05, 0.1) is 6.20 Å². The van der Waals surface area contributed by atoms with Crippen LogP contribution >= 0.6 is 12.6 Å². The minimum Gasteiger partial charge on any atom is -0.478 e. The maximum Gasteiger partial charge on any atom is 0.263 e. The van der Waals surface area contributed by atoms with Crippen LogP contribution in [-0.4, -0.2) is 22.5 Å². The van der Waals surface area contributed by atoms with Gasteiger partial charge < -0.3 is 10.1 Å². The highest BCUT2D eigenvalue weighted by Crippen LogP contribution is 2.24. The number of rotatable bonds is 0. The van der Waals surface area contributed by atoms with Gasteiger partial charge in [-0.3, -0.25) is 4.79 Å². The Morgan fingerprint density at radius 1 is 1.67 bits per heavy atom. The zero-order valence-corrected chi connectivity index (χ0v) is 6.84. The van der Waals surface area contributed by atoms with E-state index in [4.69, 9.17) is 4.74 Å². The molecule has 0 aromatic carbocycles. The normalized spacial score (nSPS) is 14.6. The van der Waals surface area contributed by atoms with E-state index in [0.29, 0.717) is 16.7 Å². The molecule has 6 heteroatoms. The van der Waals surface area contributed by atoms with Gasteiger partial charge in [-0.2, -0.15) is 0 Å². The van der Waals surface area contributed by atoms with Gasteiger partial charge in [0, 0.05) is 0 Å². The Bertz CT molecular complexity index is 342. The number of fused-ring (bicyclic) bond motifs is 1. The molecule has 0 saturated heterocycles. The average Bonchev–Trinajstić information content (AvgIpc) is 2.03. The van der Waals surface area contributed by atoms with Crippen LogP contribution in [0.1, 0.15) is 0 Å². The Labute approximate surface area is 73.6 Å². The smallest absolute Gasteiger partial charge is 0.263 e. The van der Waals surface area contributed by atoms with Crippen molar-refractivity contribution in [2.75, 3.05) is 11.9 Å². The van der Waals surface area contributed by atoms with Crippen LogP contribution < -0.4 is 10.1 Å². The number of thiol groups is 1. The molecule has 0 radical (unpaired) electrons. The standard InChI is InChI=1S/C6H5N3O2S/c10-4-2-11-3-1-7-6(12)9-5(3)8-4/h1H,2H2,(H2,7,8,9,10,12). The summed E-state index contributed by atoms with van der Waals surface area (Å²) in [5, 5.41) is 2.84. The van der Waals surface area contributed by atoms with Gasteiger partial charge in [0.2, 0.25) is 0 Å². The lowest BCUT2D eigenvalue weighted by molar-refractivity contribution is -0.118. The monoisotopic (exact) mass is 183 g/mol. The molecule has 62 valence electrons. The summed E-state index contributed by atoms with van der Waals surface area (Å²) in [6.07, 6.45) is 1.48. The molecule has 0 saturated carbocycles. The number of hydrogen-bond acceptors (Lipinski definition) is 5. The summed E-state index contributed by atoms with van der Waals surface area (Å²) >= 11 is 3.92. The van der Waals surface area contributed by atoms with Gasteiger partial charge in [-0.25, -0.2) is 9.97 Å². The molecule has 1 aliphatic heterocycles. The molecule has 5 nitrogen and oxygen atoms in total. The van der Waals surface area contributed by atoms with Crippen molar-refractivity contribution >= 4 is 24.4 Å². The Morgan fingerprint density at radius 3 is 3.33 bits per heavy atom. The fourth-order valence-corrected chi connectivity index (χ4v) is 1.03. The van der Waals surface area contributed by atoms with Gasteiger partial charge in [0.25, 0.3) is 5.91 Å². The molecule has 1 N–H and O–H groups in total. The molecule has 0 unspecified atom stereocenters. The first kappa shape index (κ1) is 7.35. The fraction of sp³-hybridized carbons (Fsp3) is 0.167. The van der Waals surface area contributed by atoms with Crippen LogP contribution in [0.25, 0.3) is 0 Å². The van der Waals surface area contributed by atoms with Crippen LogP contribution in [0, 0.1) is 0 Å². The first-order valence-corrected chi connectivity index (χ1v) is 3.69. The van der Waals surface area contributed by atoms with E-state index in [0.717, 1.165) is 0 Å². The maximum atomic E-state index is 10.8. The van der Waals surface area contributed by atoms with Crippen molar-refractivity contribution < 1.29 is 9.53 Å². The lowest BCUT2D eigenvalue weighted by atomic mass is 10.4. The Morgan fingerprint density at radius 2 is 2.50 bits per heavy atom. The maximum absolute atomic E-state index is 10.8. The number of aromatic nitrogens is 2. The SMILES string of the molecule is O=C1COc2cnc(S)nc2N1. The summed E-state index contributed by atoms with van der Waals surface area (Å²) in [6.45, 7) is 0.0161. The summed E-state index contributed by atoms with van der Waals surface area (Å²) in [4.78, 5) is 18.5. The van der Waals surface area contributed by atoms with Gasteiger partial charge >= 0.3 is 0 Å². The second kappa shape index (κ2) is 2.63. The third-order valence-corrected chi connectivity index (χ3v) is 1.57. The van der Waals surface area contributed by atoms with Crippen molar-refractivity contribution in [1.82, 2.24) is 9.97 Å². The highest BCUT2D eigenvalue weighted by molar-refractivity contribution is 7.80. The van der Waals surface area contributed by atoms with E-state index >= 15 is 0 Å². The first-order valence-electron chi connectivity index (χ1n) is 3.24. The average molecular weight is 183 g/mol. The molecule has 0 bridgehead atoms. The number of nitrogens with one attached hydrogen (secondary N) is 1. The van der Waals surface area contributed by atoms with E-state index in [1.54, 1.807) is 0 Å². The molecule has 0 aliphatic carbocycles. The first-order chi connectivity index (χ1) is 5.75. The predicted molar refractivity (Wildman–Crippen MR) is 43.4 cm³/mol. The summed E-state index contributed by atoms with van der Waals surface area (Å²) in [7, 11) is 0. The number of amides is 1. The Kier molecular flexibility index (Phi) is 1.61. The topological polar surface area (TPSA) is 64.1 Å². The molecule has 1 amide bonds. The van der Waals surface area contributed by atoms with Crippen LogP contribution in [0.4, 0.5) is 5.82 Å². The minimum absolute atomic E-state index is 0.0161. The quantitative estimate of drug-likeness (QED) is 0.442. The van der Waals surface area contributed by atoms with Gasteiger partial charge in [-0.05, 0) is 0 Å². The zero-order chi connectivity index (χ0) is 8.55.